The van der Waals surface area contributed by atoms with E-state index in [9.17, 15) is 4.79 Å². The Morgan fingerprint density at radius 2 is 2.00 bits per heavy atom. The lowest BCUT2D eigenvalue weighted by atomic mass is 9.82. The molecule has 1 atom stereocenters. The summed E-state index contributed by atoms with van der Waals surface area (Å²) < 4.78 is 1.94. The summed E-state index contributed by atoms with van der Waals surface area (Å²) >= 11 is 3.58. The predicted octanol–water partition coefficient (Wildman–Crippen LogP) is 3.45. The predicted molar refractivity (Wildman–Crippen MR) is 82.7 cm³/mol. The average Bonchev–Trinajstić information content (AvgIpc) is 2.37. The van der Waals surface area contributed by atoms with Gasteiger partial charge in [-0.25, -0.2) is 0 Å². The van der Waals surface area contributed by atoms with Crippen molar-refractivity contribution in [3.63, 3.8) is 0 Å². The summed E-state index contributed by atoms with van der Waals surface area (Å²) in [5, 5.41) is 5.94. The van der Waals surface area contributed by atoms with Crippen molar-refractivity contribution >= 4 is 26.8 Å². The number of hydrogen-bond acceptors (Lipinski definition) is 2. The van der Waals surface area contributed by atoms with Crippen LogP contribution in [0.5, 0.6) is 0 Å². The van der Waals surface area contributed by atoms with Crippen molar-refractivity contribution in [1.82, 2.24) is 9.78 Å². The molecule has 0 radical (unpaired) electrons. The summed E-state index contributed by atoms with van der Waals surface area (Å²) in [4.78, 5) is 11.8. The molecule has 0 saturated carbocycles. The van der Waals surface area contributed by atoms with E-state index in [1.54, 1.807) is 0 Å². The van der Waals surface area contributed by atoms with Crippen LogP contribution in [0, 0.1) is 11.3 Å². The van der Waals surface area contributed by atoms with Gasteiger partial charge in [0, 0.05) is 17.3 Å². The van der Waals surface area contributed by atoms with Crippen LogP contribution >= 0.6 is 15.9 Å². The lowest BCUT2D eigenvalue weighted by molar-refractivity contribution is 0.234. The maximum absolute atomic E-state index is 11.8. The van der Waals surface area contributed by atoms with Crippen LogP contribution in [-0.2, 0) is 6.54 Å². The second-order valence-electron chi connectivity index (χ2n) is 5.93. The Hall–Kier alpha value is -1.16. The van der Waals surface area contributed by atoms with Crippen molar-refractivity contribution in [3.8, 4) is 0 Å². The van der Waals surface area contributed by atoms with Gasteiger partial charge < -0.3 is 0 Å². The third kappa shape index (κ3) is 3.06. The second-order valence-corrected chi connectivity index (χ2v) is 6.57. The molecule has 0 aliphatic heterocycles. The summed E-state index contributed by atoms with van der Waals surface area (Å²) in [6.07, 6.45) is 1.41. The SMILES string of the molecule is CC(C)(C)C(CBr)Cn1ncc(=O)c2ccccc21. The van der Waals surface area contributed by atoms with Crippen molar-refractivity contribution in [3.05, 3.63) is 40.7 Å². The van der Waals surface area contributed by atoms with Gasteiger partial charge in [-0.2, -0.15) is 5.10 Å². The molecule has 19 heavy (non-hydrogen) atoms. The highest BCUT2D eigenvalue weighted by Gasteiger charge is 2.24. The highest BCUT2D eigenvalue weighted by molar-refractivity contribution is 9.09. The summed E-state index contributed by atoms with van der Waals surface area (Å²) in [6, 6.07) is 7.65. The molecule has 4 heteroatoms. The van der Waals surface area contributed by atoms with E-state index in [0.717, 1.165) is 22.8 Å². The molecule has 1 unspecified atom stereocenters. The molecule has 1 aromatic heterocycles. The third-order valence-corrected chi connectivity index (χ3v) is 4.35. The van der Waals surface area contributed by atoms with E-state index in [-0.39, 0.29) is 10.8 Å². The zero-order valence-electron chi connectivity index (χ0n) is 11.6. The van der Waals surface area contributed by atoms with Crippen molar-refractivity contribution in [2.24, 2.45) is 11.3 Å². The van der Waals surface area contributed by atoms with Gasteiger partial charge in [-0.3, -0.25) is 9.48 Å². The molecule has 0 N–H and O–H groups in total. The molecule has 0 bridgehead atoms. The number of fused-ring (bicyclic) bond motifs is 1. The molecule has 102 valence electrons. The number of rotatable bonds is 3. The fraction of sp³-hybridized carbons (Fsp3) is 0.467. The van der Waals surface area contributed by atoms with Crippen molar-refractivity contribution in [1.29, 1.82) is 0 Å². The molecule has 0 spiro atoms. The first-order valence-corrected chi connectivity index (χ1v) is 7.56. The van der Waals surface area contributed by atoms with Crippen molar-refractivity contribution < 1.29 is 0 Å². The molecule has 1 heterocycles. The molecule has 0 amide bonds. The van der Waals surface area contributed by atoms with E-state index in [2.05, 4.69) is 41.8 Å². The van der Waals surface area contributed by atoms with Crippen LogP contribution in [0.4, 0.5) is 0 Å². The Labute approximate surface area is 121 Å². The number of alkyl halides is 1. The summed E-state index contributed by atoms with van der Waals surface area (Å²) in [5.74, 6) is 0.450. The van der Waals surface area contributed by atoms with Gasteiger partial charge in [0.05, 0.1) is 11.7 Å². The van der Waals surface area contributed by atoms with Gasteiger partial charge in [-0.05, 0) is 23.5 Å². The van der Waals surface area contributed by atoms with Crippen LogP contribution in [0.15, 0.2) is 35.3 Å². The van der Waals surface area contributed by atoms with Gasteiger partial charge in [0.25, 0.3) is 0 Å². The Morgan fingerprint density at radius 3 is 2.63 bits per heavy atom. The first-order chi connectivity index (χ1) is 8.93. The lowest BCUT2D eigenvalue weighted by Crippen LogP contribution is -2.28. The Bertz CT molecular complexity index is 628. The summed E-state index contributed by atoms with van der Waals surface area (Å²) in [7, 11) is 0. The monoisotopic (exact) mass is 322 g/mol. The topological polar surface area (TPSA) is 34.9 Å². The van der Waals surface area contributed by atoms with Crippen molar-refractivity contribution in [2.45, 2.75) is 27.3 Å². The van der Waals surface area contributed by atoms with Crippen LogP contribution < -0.4 is 5.43 Å². The molecule has 0 aliphatic carbocycles. The summed E-state index contributed by atoms with van der Waals surface area (Å²) in [5.41, 5.74) is 1.08. The molecule has 0 aliphatic rings. The number of hydrogen-bond donors (Lipinski definition) is 0. The normalized spacial score (nSPS) is 13.7. The Balaban J connectivity index is 2.47. The molecule has 3 nitrogen and oxygen atoms in total. The minimum atomic E-state index is -0.0157. The number of nitrogens with zero attached hydrogens (tertiary/aromatic N) is 2. The number of aromatic nitrogens is 2. The molecular weight excluding hydrogens is 304 g/mol. The van der Waals surface area contributed by atoms with Crippen LogP contribution in [0.2, 0.25) is 0 Å². The lowest BCUT2D eigenvalue weighted by Gasteiger charge is -2.29. The van der Waals surface area contributed by atoms with Gasteiger partial charge >= 0.3 is 0 Å². The molecule has 0 fully saturated rings. The number of para-hydroxylation sites is 1. The van der Waals surface area contributed by atoms with Crippen molar-refractivity contribution in [2.75, 3.05) is 5.33 Å². The largest absolute Gasteiger partial charge is 0.287 e. The molecule has 2 rings (SSSR count). The van der Waals surface area contributed by atoms with E-state index < -0.39 is 0 Å². The van der Waals surface area contributed by atoms with E-state index in [1.807, 2.05) is 28.9 Å². The van der Waals surface area contributed by atoms with E-state index in [4.69, 9.17) is 0 Å². The zero-order chi connectivity index (χ0) is 14.0. The van der Waals surface area contributed by atoms with Crippen LogP contribution in [0.3, 0.4) is 0 Å². The number of halogens is 1. The third-order valence-electron chi connectivity index (χ3n) is 3.57. The molecule has 1 aromatic carbocycles. The van der Waals surface area contributed by atoms with Gasteiger partial charge in [-0.1, -0.05) is 48.8 Å². The summed E-state index contributed by atoms with van der Waals surface area (Å²) in [6.45, 7) is 7.48. The smallest absolute Gasteiger partial charge is 0.207 e. The first kappa shape index (κ1) is 14.3. The van der Waals surface area contributed by atoms with Crippen LogP contribution in [-0.4, -0.2) is 15.1 Å². The molecular formula is C15H19BrN2O. The highest BCUT2D eigenvalue weighted by Crippen LogP contribution is 2.29. The minimum Gasteiger partial charge on any atom is -0.287 e. The van der Waals surface area contributed by atoms with Gasteiger partial charge in [-0.15, -0.1) is 0 Å². The van der Waals surface area contributed by atoms with Gasteiger partial charge in [0.2, 0.25) is 5.43 Å². The quantitative estimate of drug-likeness (QED) is 0.811. The van der Waals surface area contributed by atoms with E-state index in [0.29, 0.717) is 5.92 Å². The molecule has 0 saturated heterocycles. The average molecular weight is 323 g/mol. The van der Waals surface area contributed by atoms with Crippen LogP contribution in [0.25, 0.3) is 10.9 Å². The maximum Gasteiger partial charge on any atom is 0.207 e. The minimum absolute atomic E-state index is 0.0157. The van der Waals surface area contributed by atoms with Crippen LogP contribution in [0.1, 0.15) is 20.8 Å². The standard InChI is InChI=1S/C15H19BrN2O/c1-15(2,3)11(8-16)10-18-13-7-5-4-6-12(13)14(19)9-17-18/h4-7,9,11H,8,10H2,1-3H3. The second kappa shape index (κ2) is 5.45. The fourth-order valence-electron chi connectivity index (χ4n) is 2.07. The van der Waals surface area contributed by atoms with Gasteiger partial charge in [0.1, 0.15) is 0 Å². The van der Waals surface area contributed by atoms with E-state index in [1.165, 1.54) is 6.20 Å². The molecule has 2 aromatic rings. The fourth-order valence-corrected chi connectivity index (χ4v) is 3.25. The maximum atomic E-state index is 11.8. The zero-order valence-corrected chi connectivity index (χ0v) is 13.1. The number of benzene rings is 1. The van der Waals surface area contributed by atoms with E-state index >= 15 is 0 Å². The Kier molecular flexibility index (Phi) is 4.09. The highest BCUT2D eigenvalue weighted by atomic mass is 79.9. The Morgan fingerprint density at radius 1 is 1.32 bits per heavy atom. The first-order valence-electron chi connectivity index (χ1n) is 6.44. The van der Waals surface area contributed by atoms with Gasteiger partial charge in [0.15, 0.2) is 0 Å².